The molecule has 3 aromatic rings. The van der Waals surface area contributed by atoms with E-state index in [1.165, 1.54) is 11.3 Å². The number of carbonyl (C=O) groups excluding carboxylic acids is 1. The van der Waals surface area contributed by atoms with Crippen LogP contribution in [0.5, 0.6) is 5.75 Å². The highest BCUT2D eigenvalue weighted by atomic mass is 32.1. The lowest BCUT2D eigenvalue weighted by Gasteiger charge is -2.24. The molecular weight excluding hydrogens is 350 g/mol. The summed E-state index contributed by atoms with van der Waals surface area (Å²) in [7, 11) is 0. The number of aromatic hydroxyl groups is 1. The number of carboxylic acid groups (broad SMARTS) is 1. The van der Waals surface area contributed by atoms with E-state index in [1.807, 2.05) is 36.4 Å². The van der Waals surface area contributed by atoms with Gasteiger partial charge in [-0.15, -0.1) is 11.3 Å². The normalized spacial score (nSPS) is 16.0. The molecule has 0 radical (unpaired) electrons. The van der Waals surface area contributed by atoms with Gasteiger partial charge in [0.1, 0.15) is 10.6 Å². The van der Waals surface area contributed by atoms with E-state index in [0.29, 0.717) is 11.3 Å². The van der Waals surface area contributed by atoms with Gasteiger partial charge in [-0.3, -0.25) is 4.79 Å². The molecule has 1 amide bonds. The molecule has 2 aromatic carbocycles. The molecule has 1 aromatic heterocycles. The lowest BCUT2D eigenvalue weighted by molar-refractivity contribution is -0.116. The Balaban J connectivity index is 1.95. The van der Waals surface area contributed by atoms with E-state index < -0.39 is 5.97 Å². The van der Waals surface area contributed by atoms with Gasteiger partial charge >= 0.3 is 5.97 Å². The molecule has 0 bridgehead atoms. The predicted octanol–water partition coefficient (Wildman–Crippen LogP) is 4.29. The highest BCUT2D eigenvalue weighted by molar-refractivity contribution is 7.15. The summed E-state index contributed by atoms with van der Waals surface area (Å²) in [5.41, 5.74) is 2.64. The summed E-state index contributed by atoms with van der Waals surface area (Å²) in [5, 5.41) is 22.4. The Labute approximate surface area is 153 Å². The number of phenols is 1. The Bertz CT molecular complexity index is 1010. The third-order valence-corrected chi connectivity index (χ3v) is 5.73. The first-order valence-electron chi connectivity index (χ1n) is 8.08. The van der Waals surface area contributed by atoms with Crippen LogP contribution in [0.1, 0.15) is 32.5 Å². The van der Waals surface area contributed by atoms with Gasteiger partial charge < -0.3 is 15.5 Å². The van der Waals surface area contributed by atoms with Gasteiger partial charge in [-0.2, -0.15) is 0 Å². The zero-order valence-corrected chi connectivity index (χ0v) is 14.4. The van der Waals surface area contributed by atoms with Gasteiger partial charge in [0.15, 0.2) is 0 Å². The van der Waals surface area contributed by atoms with Crippen molar-refractivity contribution in [1.29, 1.82) is 0 Å². The molecule has 6 heteroatoms. The second-order valence-corrected chi connectivity index (χ2v) is 7.17. The van der Waals surface area contributed by atoms with Crippen molar-refractivity contribution in [2.45, 2.75) is 12.3 Å². The van der Waals surface area contributed by atoms with Gasteiger partial charge in [0.05, 0.1) is 5.69 Å². The molecule has 0 aliphatic carbocycles. The number of hydrogen-bond donors (Lipinski definition) is 3. The van der Waals surface area contributed by atoms with Gasteiger partial charge in [0.25, 0.3) is 0 Å². The third kappa shape index (κ3) is 2.74. The van der Waals surface area contributed by atoms with Gasteiger partial charge in [-0.05, 0) is 23.3 Å². The highest BCUT2D eigenvalue weighted by Crippen LogP contribution is 2.49. The summed E-state index contributed by atoms with van der Waals surface area (Å²) in [5.74, 6) is -1.36. The molecule has 2 heterocycles. The molecular formula is C20H15NO4S. The average Bonchev–Trinajstić information content (AvgIpc) is 3.01. The van der Waals surface area contributed by atoms with Crippen LogP contribution in [0, 0.1) is 0 Å². The molecule has 1 aliphatic rings. The number of amides is 1. The molecule has 0 unspecified atom stereocenters. The fourth-order valence-electron chi connectivity index (χ4n) is 3.33. The van der Waals surface area contributed by atoms with Crippen LogP contribution < -0.4 is 5.32 Å². The number of rotatable bonds is 3. The number of benzene rings is 2. The minimum atomic E-state index is -1.02. The number of thiophene rings is 1. The highest BCUT2D eigenvalue weighted by Gasteiger charge is 2.34. The standard InChI is InChI=1S/C20H15NO4S/c22-13-8-4-7-12(9-13)14-10-15(23)21-17-16(11-5-2-1-3-6-11)19(20(24)25)26-18(14)17/h1-9,14,22H,10H2,(H,21,23)(H,24,25)/t14-/m0/s1. The summed E-state index contributed by atoms with van der Waals surface area (Å²) in [4.78, 5) is 25.2. The maximum atomic E-state index is 12.3. The second-order valence-electron chi connectivity index (χ2n) is 6.12. The van der Waals surface area contributed by atoms with E-state index in [0.717, 1.165) is 16.0 Å². The molecule has 4 rings (SSSR count). The number of nitrogens with one attached hydrogen (secondary N) is 1. The number of aromatic carboxylic acids is 1. The topological polar surface area (TPSA) is 86.6 Å². The van der Waals surface area contributed by atoms with Crippen molar-refractivity contribution in [1.82, 2.24) is 0 Å². The Morgan fingerprint density at radius 2 is 1.88 bits per heavy atom. The first-order valence-corrected chi connectivity index (χ1v) is 8.90. The monoisotopic (exact) mass is 365 g/mol. The molecule has 0 fully saturated rings. The number of anilines is 1. The zero-order chi connectivity index (χ0) is 18.3. The lowest BCUT2D eigenvalue weighted by atomic mass is 9.88. The maximum Gasteiger partial charge on any atom is 0.346 e. The fourth-order valence-corrected chi connectivity index (χ4v) is 4.57. The maximum absolute atomic E-state index is 12.3. The van der Waals surface area contributed by atoms with Crippen molar-refractivity contribution in [3.63, 3.8) is 0 Å². The van der Waals surface area contributed by atoms with Crippen molar-refractivity contribution < 1.29 is 19.8 Å². The van der Waals surface area contributed by atoms with Crippen LogP contribution in [0.2, 0.25) is 0 Å². The van der Waals surface area contributed by atoms with Gasteiger partial charge in [0.2, 0.25) is 5.91 Å². The number of carbonyl (C=O) groups is 2. The van der Waals surface area contributed by atoms with Crippen molar-refractivity contribution >= 4 is 28.9 Å². The Hall–Kier alpha value is -3.12. The van der Waals surface area contributed by atoms with E-state index in [1.54, 1.807) is 18.2 Å². The molecule has 1 atom stereocenters. The predicted molar refractivity (Wildman–Crippen MR) is 99.9 cm³/mol. The molecule has 5 nitrogen and oxygen atoms in total. The summed E-state index contributed by atoms with van der Waals surface area (Å²) in [6, 6.07) is 15.9. The number of hydrogen-bond acceptors (Lipinski definition) is 4. The lowest BCUT2D eigenvalue weighted by Crippen LogP contribution is -2.22. The van der Waals surface area contributed by atoms with Gasteiger partial charge in [-0.1, -0.05) is 42.5 Å². The van der Waals surface area contributed by atoms with Crippen LogP contribution in [0.15, 0.2) is 54.6 Å². The van der Waals surface area contributed by atoms with Crippen molar-refractivity contribution in [3.05, 3.63) is 69.9 Å². The van der Waals surface area contributed by atoms with Crippen LogP contribution in [0.3, 0.4) is 0 Å². The van der Waals surface area contributed by atoms with Gasteiger partial charge in [0, 0.05) is 22.8 Å². The molecule has 0 spiro atoms. The minimum Gasteiger partial charge on any atom is -0.508 e. The van der Waals surface area contributed by atoms with Crippen LogP contribution in [-0.2, 0) is 4.79 Å². The van der Waals surface area contributed by atoms with E-state index in [9.17, 15) is 19.8 Å². The molecule has 3 N–H and O–H groups in total. The average molecular weight is 365 g/mol. The first-order chi connectivity index (χ1) is 12.5. The van der Waals surface area contributed by atoms with Crippen molar-refractivity contribution in [3.8, 4) is 16.9 Å². The van der Waals surface area contributed by atoms with Crippen molar-refractivity contribution in [2.24, 2.45) is 0 Å². The number of carboxylic acids is 1. The molecule has 26 heavy (non-hydrogen) atoms. The third-order valence-electron chi connectivity index (χ3n) is 4.44. The van der Waals surface area contributed by atoms with Crippen LogP contribution in [0.25, 0.3) is 11.1 Å². The van der Waals surface area contributed by atoms with Gasteiger partial charge in [-0.25, -0.2) is 4.79 Å². The van der Waals surface area contributed by atoms with E-state index in [2.05, 4.69) is 5.32 Å². The molecule has 0 saturated heterocycles. The zero-order valence-electron chi connectivity index (χ0n) is 13.6. The number of phenolic OH excluding ortho intramolecular Hbond substituents is 1. The van der Waals surface area contributed by atoms with Crippen LogP contribution >= 0.6 is 11.3 Å². The van der Waals surface area contributed by atoms with E-state index >= 15 is 0 Å². The Morgan fingerprint density at radius 1 is 1.12 bits per heavy atom. The molecule has 1 aliphatic heterocycles. The number of fused-ring (bicyclic) bond motifs is 1. The Kier molecular flexibility index (Phi) is 3.97. The molecule has 0 saturated carbocycles. The minimum absolute atomic E-state index is 0.119. The fraction of sp³-hybridized carbons (Fsp3) is 0.100. The second kappa shape index (κ2) is 6.31. The van der Waals surface area contributed by atoms with Crippen LogP contribution in [0.4, 0.5) is 5.69 Å². The van der Waals surface area contributed by atoms with E-state index in [-0.39, 0.29) is 28.9 Å². The van der Waals surface area contributed by atoms with Crippen molar-refractivity contribution in [2.75, 3.05) is 5.32 Å². The SMILES string of the molecule is O=C1C[C@@H](c2cccc(O)c2)c2sc(C(=O)O)c(-c3ccccc3)c2N1. The van der Waals surface area contributed by atoms with Crippen LogP contribution in [-0.4, -0.2) is 22.1 Å². The first kappa shape index (κ1) is 16.4. The van der Waals surface area contributed by atoms with E-state index in [4.69, 9.17) is 0 Å². The molecule has 130 valence electrons. The summed E-state index contributed by atoms with van der Waals surface area (Å²) in [6.07, 6.45) is 0.213. The Morgan fingerprint density at radius 3 is 2.58 bits per heavy atom. The largest absolute Gasteiger partial charge is 0.508 e. The summed E-state index contributed by atoms with van der Waals surface area (Å²) >= 11 is 1.18. The quantitative estimate of drug-likeness (QED) is 0.646. The summed E-state index contributed by atoms with van der Waals surface area (Å²) in [6.45, 7) is 0. The smallest absolute Gasteiger partial charge is 0.346 e. The summed E-state index contributed by atoms with van der Waals surface area (Å²) < 4.78 is 0.